The number of benzene rings is 1. The molecule has 0 aliphatic carbocycles. The molecule has 0 radical (unpaired) electrons. The number of hydrogen-bond donors (Lipinski definition) is 2. The van der Waals surface area contributed by atoms with Gasteiger partial charge in [0.25, 0.3) is 0 Å². The monoisotopic (exact) mass is 276 g/mol. The lowest BCUT2D eigenvalue weighted by atomic mass is 10.1. The van der Waals surface area contributed by atoms with Gasteiger partial charge in [0.15, 0.2) is 0 Å². The zero-order valence-electron chi connectivity index (χ0n) is 11.8. The number of hydrogen-bond acceptors (Lipinski definition) is 4. The molecular weight excluding hydrogens is 256 g/mol. The molecule has 5 heteroatoms. The molecule has 108 valence electrons. The van der Waals surface area contributed by atoms with Crippen LogP contribution in [0.5, 0.6) is 0 Å². The first-order valence-electron chi connectivity index (χ1n) is 6.70. The molecule has 0 saturated heterocycles. The average molecular weight is 276 g/mol. The molecule has 0 saturated carbocycles. The fraction of sp³-hybridized carbons (Fsp3) is 0.400. The van der Waals surface area contributed by atoms with Gasteiger partial charge in [0, 0.05) is 5.39 Å². The van der Waals surface area contributed by atoms with Crippen LogP contribution in [0.3, 0.4) is 0 Å². The third kappa shape index (κ3) is 3.18. The van der Waals surface area contributed by atoms with Crippen LogP contribution < -0.4 is 5.32 Å². The van der Waals surface area contributed by atoms with E-state index in [-0.39, 0.29) is 5.56 Å². The Balaban J connectivity index is 2.20. The summed E-state index contributed by atoms with van der Waals surface area (Å²) in [7, 11) is 3.89. The number of carboxylic acid groups (broad SMARTS) is 1. The third-order valence-corrected chi connectivity index (χ3v) is 3.26. The summed E-state index contributed by atoms with van der Waals surface area (Å²) in [6.45, 7) is 2.33. The molecule has 1 aromatic heterocycles. The van der Waals surface area contributed by atoms with Gasteiger partial charge in [-0.15, -0.1) is 0 Å². The van der Waals surface area contributed by atoms with Crippen LogP contribution in [0.15, 0.2) is 28.7 Å². The zero-order valence-corrected chi connectivity index (χ0v) is 11.8. The minimum atomic E-state index is -0.937. The van der Waals surface area contributed by atoms with Gasteiger partial charge in [-0.2, -0.15) is 0 Å². The first-order chi connectivity index (χ1) is 9.63. The molecular formula is C15H20N2O3. The Morgan fingerprint density at radius 2 is 2.15 bits per heavy atom. The number of nitrogens with one attached hydrogen (secondary N) is 1. The Kier molecular flexibility index (Phi) is 4.76. The van der Waals surface area contributed by atoms with Gasteiger partial charge in [-0.05, 0) is 39.7 Å². The van der Waals surface area contributed by atoms with Crippen molar-refractivity contribution >= 4 is 16.9 Å². The number of aromatic carboxylic acids is 1. The van der Waals surface area contributed by atoms with Crippen LogP contribution in [0.25, 0.3) is 11.0 Å². The molecule has 20 heavy (non-hydrogen) atoms. The van der Waals surface area contributed by atoms with E-state index in [1.165, 1.54) is 0 Å². The lowest BCUT2D eigenvalue weighted by Crippen LogP contribution is -2.23. The fourth-order valence-corrected chi connectivity index (χ4v) is 2.29. The van der Waals surface area contributed by atoms with Crippen LogP contribution in [0, 0.1) is 0 Å². The number of rotatable bonds is 7. The zero-order chi connectivity index (χ0) is 14.5. The lowest BCUT2D eigenvalue weighted by molar-refractivity contribution is 0.0695. The molecule has 2 rings (SSSR count). The standard InChI is InChI=1S/C15H20N2O3/c1-16-8-5-9-17(2)10-13-14(15(18)19)11-6-3-4-7-12(11)20-13/h3-4,6-7,16H,5,8-10H2,1-2H3,(H,18,19). The number of fused-ring (bicyclic) bond motifs is 1. The third-order valence-electron chi connectivity index (χ3n) is 3.26. The van der Waals surface area contributed by atoms with Crippen molar-refractivity contribution in [3.8, 4) is 0 Å². The second-order valence-corrected chi connectivity index (χ2v) is 4.90. The summed E-state index contributed by atoms with van der Waals surface area (Å²) in [4.78, 5) is 13.5. The van der Waals surface area contributed by atoms with Gasteiger partial charge in [-0.1, -0.05) is 18.2 Å². The first kappa shape index (κ1) is 14.6. The largest absolute Gasteiger partial charge is 0.478 e. The minimum Gasteiger partial charge on any atom is -0.478 e. The molecule has 1 heterocycles. The Morgan fingerprint density at radius 3 is 2.85 bits per heavy atom. The SMILES string of the molecule is CNCCCN(C)Cc1oc2ccccc2c1C(=O)O. The van der Waals surface area contributed by atoms with E-state index in [1.54, 1.807) is 12.1 Å². The maximum Gasteiger partial charge on any atom is 0.339 e. The Hall–Kier alpha value is -1.85. The normalized spacial score (nSPS) is 11.3. The molecule has 2 aromatic rings. The van der Waals surface area contributed by atoms with Crippen LogP contribution in [0.4, 0.5) is 0 Å². The van der Waals surface area contributed by atoms with Crippen molar-refractivity contribution in [2.75, 3.05) is 27.2 Å². The van der Waals surface area contributed by atoms with Gasteiger partial charge in [0.05, 0.1) is 6.54 Å². The molecule has 5 nitrogen and oxygen atoms in total. The van der Waals surface area contributed by atoms with Crippen LogP contribution in [0.1, 0.15) is 22.5 Å². The number of carboxylic acids is 1. The van der Waals surface area contributed by atoms with E-state index >= 15 is 0 Å². The second kappa shape index (κ2) is 6.54. The minimum absolute atomic E-state index is 0.279. The summed E-state index contributed by atoms with van der Waals surface area (Å²) in [5, 5.41) is 13.2. The summed E-state index contributed by atoms with van der Waals surface area (Å²) in [6.07, 6.45) is 1.01. The average Bonchev–Trinajstić information content (AvgIpc) is 2.76. The lowest BCUT2D eigenvalue weighted by Gasteiger charge is -2.15. The van der Waals surface area contributed by atoms with Crippen molar-refractivity contribution < 1.29 is 14.3 Å². The molecule has 0 spiro atoms. The molecule has 0 aliphatic rings. The smallest absolute Gasteiger partial charge is 0.339 e. The van der Waals surface area contributed by atoms with Crippen molar-refractivity contribution in [3.63, 3.8) is 0 Å². The van der Waals surface area contributed by atoms with Crippen molar-refractivity contribution in [3.05, 3.63) is 35.6 Å². The van der Waals surface area contributed by atoms with Crippen molar-refractivity contribution in [1.82, 2.24) is 10.2 Å². The highest BCUT2D eigenvalue weighted by Crippen LogP contribution is 2.26. The summed E-state index contributed by atoms with van der Waals surface area (Å²) < 4.78 is 5.70. The predicted molar refractivity (Wildman–Crippen MR) is 78.1 cm³/mol. The van der Waals surface area contributed by atoms with Gasteiger partial charge < -0.3 is 14.8 Å². The van der Waals surface area contributed by atoms with Crippen molar-refractivity contribution in [1.29, 1.82) is 0 Å². The highest BCUT2D eigenvalue weighted by molar-refractivity contribution is 6.03. The van der Waals surface area contributed by atoms with E-state index in [1.807, 2.05) is 26.2 Å². The van der Waals surface area contributed by atoms with Crippen LogP contribution in [-0.4, -0.2) is 43.2 Å². The summed E-state index contributed by atoms with van der Waals surface area (Å²) in [5.41, 5.74) is 0.907. The van der Waals surface area contributed by atoms with E-state index in [2.05, 4.69) is 10.2 Å². The second-order valence-electron chi connectivity index (χ2n) is 4.90. The van der Waals surface area contributed by atoms with Gasteiger partial charge in [-0.25, -0.2) is 4.79 Å². The van der Waals surface area contributed by atoms with Crippen molar-refractivity contribution in [2.45, 2.75) is 13.0 Å². The molecule has 0 unspecified atom stereocenters. The molecule has 0 atom stereocenters. The van der Waals surface area contributed by atoms with Crippen molar-refractivity contribution in [2.24, 2.45) is 0 Å². The quantitative estimate of drug-likeness (QED) is 0.759. The molecule has 1 aromatic carbocycles. The predicted octanol–water partition coefficient (Wildman–Crippen LogP) is 2.17. The highest BCUT2D eigenvalue weighted by Gasteiger charge is 2.20. The molecule has 0 amide bonds. The van der Waals surface area contributed by atoms with Gasteiger partial charge >= 0.3 is 5.97 Å². The number of carbonyl (C=O) groups is 1. The van der Waals surface area contributed by atoms with Gasteiger partial charge in [-0.3, -0.25) is 4.90 Å². The Bertz CT molecular complexity index is 592. The van der Waals surface area contributed by atoms with E-state index in [9.17, 15) is 9.90 Å². The molecule has 0 aliphatic heterocycles. The maximum absolute atomic E-state index is 11.5. The molecule has 0 fully saturated rings. The fourth-order valence-electron chi connectivity index (χ4n) is 2.29. The Morgan fingerprint density at radius 1 is 1.40 bits per heavy atom. The van der Waals surface area contributed by atoms with Gasteiger partial charge in [0.1, 0.15) is 16.9 Å². The first-order valence-corrected chi connectivity index (χ1v) is 6.70. The Labute approximate surface area is 118 Å². The van der Waals surface area contributed by atoms with E-state index in [4.69, 9.17) is 4.42 Å². The van der Waals surface area contributed by atoms with E-state index in [0.29, 0.717) is 23.3 Å². The maximum atomic E-state index is 11.5. The molecule has 0 bridgehead atoms. The van der Waals surface area contributed by atoms with Crippen LogP contribution in [0.2, 0.25) is 0 Å². The number of furan rings is 1. The summed E-state index contributed by atoms with van der Waals surface area (Å²) in [6, 6.07) is 7.25. The van der Waals surface area contributed by atoms with E-state index in [0.717, 1.165) is 19.5 Å². The summed E-state index contributed by atoms with van der Waals surface area (Å²) in [5.74, 6) is -0.417. The topological polar surface area (TPSA) is 65.7 Å². The number of para-hydroxylation sites is 1. The van der Waals surface area contributed by atoms with Crippen LogP contribution >= 0.6 is 0 Å². The highest BCUT2D eigenvalue weighted by atomic mass is 16.4. The van der Waals surface area contributed by atoms with E-state index < -0.39 is 5.97 Å². The van der Waals surface area contributed by atoms with Gasteiger partial charge in [0.2, 0.25) is 0 Å². The van der Waals surface area contributed by atoms with Crippen LogP contribution in [-0.2, 0) is 6.54 Å². The summed E-state index contributed by atoms with van der Waals surface area (Å²) >= 11 is 0. The number of nitrogens with zero attached hydrogens (tertiary/aromatic N) is 1. The molecule has 2 N–H and O–H groups in total.